The van der Waals surface area contributed by atoms with Crippen LogP contribution in [0.4, 0.5) is 11.4 Å². The fraction of sp³-hybridized carbons (Fsp3) is 0.263. The van der Waals surface area contributed by atoms with Crippen LogP contribution in [0, 0.1) is 0 Å². The molecule has 1 fully saturated rings. The smallest absolute Gasteiger partial charge is 0.254 e. The Kier molecular flexibility index (Phi) is 5.69. The minimum Gasteiger partial charge on any atom is -0.368 e. The van der Waals surface area contributed by atoms with Crippen LogP contribution in [0.5, 0.6) is 0 Å². The second-order valence-electron chi connectivity index (χ2n) is 6.14. The molecule has 0 aromatic heterocycles. The number of halogens is 2. The Morgan fingerprint density at radius 1 is 0.962 bits per heavy atom. The van der Waals surface area contributed by atoms with Gasteiger partial charge in [0.15, 0.2) is 0 Å². The molecule has 1 aliphatic heterocycles. The summed E-state index contributed by atoms with van der Waals surface area (Å²) in [5.41, 5.74) is 2.34. The van der Waals surface area contributed by atoms with Gasteiger partial charge in [0.2, 0.25) is 5.91 Å². The first-order valence-electron chi connectivity index (χ1n) is 8.31. The highest BCUT2D eigenvalue weighted by Crippen LogP contribution is 2.24. The van der Waals surface area contributed by atoms with Crippen LogP contribution in [0.15, 0.2) is 42.5 Å². The van der Waals surface area contributed by atoms with Gasteiger partial charge in [-0.3, -0.25) is 9.59 Å². The van der Waals surface area contributed by atoms with Crippen molar-refractivity contribution in [3.05, 3.63) is 58.1 Å². The molecule has 0 radical (unpaired) electrons. The molecule has 2 amide bonds. The summed E-state index contributed by atoms with van der Waals surface area (Å²) in [7, 11) is 0. The highest BCUT2D eigenvalue weighted by Gasteiger charge is 2.23. The molecule has 2 aromatic rings. The zero-order valence-corrected chi connectivity index (χ0v) is 15.8. The lowest BCUT2D eigenvalue weighted by Crippen LogP contribution is -2.48. The number of anilines is 2. The number of hydrogen-bond donors (Lipinski definition) is 1. The Bertz CT molecular complexity index is 833. The number of carbonyl (C=O) groups excluding carboxylic acids is 2. The van der Waals surface area contributed by atoms with Crippen molar-refractivity contribution in [2.75, 3.05) is 36.4 Å². The van der Waals surface area contributed by atoms with E-state index < -0.39 is 0 Å². The maximum Gasteiger partial charge on any atom is 0.254 e. The molecule has 1 N–H and O–H groups in total. The minimum absolute atomic E-state index is 0.0461. The van der Waals surface area contributed by atoms with E-state index in [2.05, 4.69) is 10.2 Å². The quantitative estimate of drug-likeness (QED) is 0.862. The lowest BCUT2D eigenvalue weighted by Gasteiger charge is -2.36. The van der Waals surface area contributed by atoms with Crippen molar-refractivity contribution in [1.82, 2.24) is 4.90 Å². The molecule has 0 aliphatic carbocycles. The van der Waals surface area contributed by atoms with Gasteiger partial charge < -0.3 is 15.1 Å². The molecule has 0 bridgehead atoms. The number of nitrogens with zero attached hydrogens (tertiary/aromatic N) is 2. The second kappa shape index (κ2) is 7.98. The van der Waals surface area contributed by atoms with Gasteiger partial charge in [-0.25, -0.2) is 0 Å². The van der Waals surface area contributed by atoms with Gasteiger partial charge in [0.25, 0.3) is 5.91 Å². The van der Waals surface area contributed by atoms with Crippen LogP contribution in [0.25, 0.3) is 0 Å². The second-order valence-corrected chi connectivity index (χ2v) is 6.95. The number of nitrogens with one attached hydrogen (secondary N) is 1. The fourth-order valence-corrected chi connectivity index (χ4v) is 3.26. The van der Waals surface area contributed by atoms with Gasteiger partial charge in [-0.05, 0) is 36.4 Å². The van der Waals surface area contributed by atoms with Crippen LogP contribution in [0.2, 0.25) is 10.0 Å². The van der Waals surface area contributed by atoms with Crippen molar-refractivity contribution in [2.24, 2.45) is 0 Å². The van der Waals surface area contributed by atoms with Crippen LogP contribution in [-0.2, 0) is 4.79 Å². The van der Waals surface area contributed by atoms with Gasteiger partial charge >= 0.3 is 0 Å². The molecule has 0 saturated carbocycles. The molecule has 26 heavy (non-hydrogen) atoms. The first kappa shape index (κ1) is 18.5. The molecule has 1 heterocycles. The topological polar surface area (TPSA) is 52.7 Å². The van der Waals surface area contributed by atoms with E-state index in [1.165, 1.54) is 6.92 Å². The van der Waals surface area contributed by atoms with Crippen molar-refractivity contribution < 1.29 is 9.59 Å². The summed E-state index contributed by atoms with van der Waals surface area (Å²) in [6.45, 7) is 4.15. The number of amides is 2. The maximum atomic E-state index is 12.6. The number of benzene rings is 2. The monoisotopic (exact) mass is 391 g/mol. The number of carbonyl (C=O) groups is 2. The van der Waals surface area contributed by atoms with Crippen molar-refractivity contribution in [2.45, 2.75) is 6.92 Å². The summed E-state index contributed by atoms with van der Waals surface area (Å²) in [6, 6.07) is 12.7. The van der Waals surface area contributed by atoms with Gasteiger partial charge in [0.05, 0.1) is 10.0 Å². The summed E-state index contributed by atoms with van der Waals surface area (Å²) in [4.78, 5) is 27.9. The third kappa shape index (κ3) is 4.29. The Morgan fingerprint density at radius 2 is 1.69 bits per heavy atom. The molecule has 0 unspecified atom stereocenters. The van der Waals surface area contributed by atoms with E-state index >= 15 is 0 Å². The van der Waals surface area contributed by atoms with Gasteiger partial charge in [0, 0.05) is 50.0 Å². The zero-order valence-electron chi connectivity index (χ0n) is 14.3. The van der Waals surface area contributed by atoms with E-state index in [4.69, 9.17) is 23.2 Å². The van der Waals surface area contributed by atoms with E-state index in [0.717, 1.165) is 24.5 Å². The average molecular weight is 392 g/mol. The highest BCUT2D eigenvalue weighted by molar-refractivity contribution is 6.42. The molecule has 2 aromatic carbocycles. The number of piperazine rings is 1. The van der Waals surface area contributed by atoms with Crippen LogP contribution >= 0.6 is 23.2 Å². The summed E-state index contributed by atoms with van der Waals surface area (Å²) >= 11 is 11.9. The van der Waals surface area contributed by atoms with Crippen molar-refractivity contribution >= 4 is 46.4 Å². The highest BCUT2D eigenvalue weighted by atomic mass is 35.5. The van der Waals surface area contributed by atoms with Gasteiger partial charge in [-0.2, -0.15) is 0 Å². The van der Waals surface area contributed by atoms with Gasteiger partial charge in [-0.1, -0.05) is 29.3 Å². The predicted molar refractivity (Wildman–Crippen MR) is 105 cm³/mol. The molecule has 5 nitrogen and oxygen atoms in total. The molecule has 1 saturated heterocycles. The minimum atomic E-state index is -0.0980. The van der Waals surface area contributed by atoms with E-state index in [0.29, 0.717) is 28.7 Å². The van der Waals surface area contributed by atoms with E-state index in [1.807, 2.05) is 29.2 Å². The van der Waals surface area contributed by atoms with E-state index in [9.17, 15) is 9.59 Å². The third-order valence-electron chi connectivity index (χ3n) is 4.27. The molecular formula is C19H19Cl2N3O2. The lowest BCUT2D eigenvalue weighted by atomic mass is 10.1. The molecule has 1 aliphatic rings. The van der Waals surface area contributed by atoms with Gasteiger partial charge in [0.1, 0.15) is 0 Å². The summed E-state index contributed by atoms with van der Waals surface area (Å²) < 4.78 is 0. The zero-order chi connectivity index (χ0) is 18.7. The number of hydrogen-bond acceptors (Lipinski definition) is 3. The largest absolute Gasteiger partial charge is 0.368 e. The third-order valence-corrected chi connectivity index (χ3v) is 5.00. The van der Waals surface area contributed by atoms with E-state index in [-0.39, 0.29) is 11.8 Å². The number of rotatable bonds is 3. The molecule has 3 rings (SSSR count). The molecule has 0 atom stereocenters. The molecule has 7 heteroatoms. The molecular weight excluding hydrogens is 373 g/mol. The predicted octanol–water partition coefficient (Wildman–Crippen LogP) is 3.91. The summed E-state index contributed by atoms with van der Waals surface area (Å²) in [5.74, 6) is -0.144. The van der Waals surface area contributed by atoms with Crippen LogP contribution in [-0.4, -0.2) is 42.9 Å². The molecule has 0 spiro atoms. The summed E-state index contributed by atoms with van der Waals surface area (Å²) in [6.07, 6.45) is 0. The van der Waals surface area contributed by atoms with Gasteiger partial charge in [-0.15, -0.1) is 0 Å². The first-order valence-corrected chi connectivity index (χ1v) is 9.06. The van der Waals surface area contributed by atoms with E-state index in [1.54, 1.807) is 18.2 Å². The normalized spacial score (nSPS) is 14.3. The Morgan fingerprint density at radius 3 is 2.35 bits per heavy atom. The maximum absolute atomic E-state index is 12.6. The van der Waals surface area contributed by atoms with Crippen LogP contribution in [0.3, 0.4) is 0 Å². The lowest BCUT2D eigenvalue weighted by molar-refractivity contribution is -0.114. The van der Waals surface area contributed by atoms with Crippen LogP contribution in [0.1, 0.15) is 17.3 Å². The Labute approximate surface area is 162 Å². The Hall–Kier alpha value is -2.24. The first-order chi connectivity index (χ1) is 12.4. The van der Waals surface area contributed by atoms with Crippen LogP contribution < -0.4 is 10.2 Å². The van der Waals surface area contributed by atoms with Crippen molar-refractivity contribution in [3.63, 3.8) is 0 Å². The fourth-order valence-electron chi connectivity index (χ4n) is 2.96. The SMILES string of the molecule is CC(=O)Nc1cccc(N2CCN(C(=O)c3ccc(Cl)c(Cl)c3)CC2)c1. The van der Waals surface area contributed by atoms with Crippen molar-refractivity contribution in [1.29, 1.82) is 0 Å². The molecule has 136 valence electrons. The standard InChI is InChI=1S/C19H19Cl2N3O2/c1-13(25)22-15-3-2-4-16(12-15)23-7-9-24(10-8-23)19(26)14-5-6-17(20)18(21)11-14/h2-6,11-12H,7-10H2,1H3,(H,22,25). The average Bonchev–Trinajstić information content (AvgIpc) is 2.63. The summed E-state index contributed by atoms with van der Waals surface area (Å²) in [5, 5.41) is 3.61. The van der Waals surface area contributed by atoms with Crippen molar-refractivity contribution in [3.8, 4) is 0 Å². The Balaban J connectivity index is 1.64.